The molecular weight excluding hydrogens is 226 g/mol. The molecule has 2 rings (SSSR count). The van der Waals surface area contributed by atoms with Gasteiger partial charge in [0.05, 0.1) is 6.61 Å². The Morgan fingerprint density at radius 2 is 1.83 bits per heavy atom. The van der Waals surface area contributed by atoms with Crippen LogP contribution in [-0.4, -0.2) is 26.9 Å². The van der Waals surface area contributed by atoms with Crippen LogP contribution in [0.4, 0.5) is 5.69 Å². The first-order chi connectivity index (χ1) is 8.88. The molecule has 0 aromatic heterocycles. The summed E-state index contributed by atoms with van der Waals surface area (Å²) in [7, 11) is 1.68. The maximum atomic E-state index is 5.53. The topological polar surface area (TPSA) is 30.5 Å². The largest absolute Gasteiger partial charge is 0.491 e. The lowest BCUT2D eigenvalue weighted by Crippen LogP contribution is -2.10. The van der Waals surface area contributed by atoms with E-state index in [4.69, 9.17) is 9.47 Å². The Bertz CT molecular complexity index is 331. The van der Waals surface area contributed by atoms with Crippen LogP contribution >= 0.6 is 0 Å². The van der Waals surface area contributed by atoms with Crippen molar-refractivity contribution in [3.63, 3.8) is 0 Å². The van der Waals surface area contributed by atoms with Gasteiger partial charge in [-0.05, 0) is 43.0 Å². The van der Waals surface area contributed by atoms with Crippen LogP contribution in [0.3, 0.4) is 0 Å². The molecule has 0 heterocycles. The van der Waals surface area contributed by atoms with E-state index in [1.54, 1.807) is 7.11 Å². The molecule has 1 aliphatic rings. The molecule has 0 amide bonds. The second kappa shape index (κ2) is 7.27. The van der Waals surface area contributed by atoms with Crippen LogP contribution in [0, 0.1) is 5.92 Å². The maximum Gasteiger partial charge on any atom is 0.119 e. The van der Waals surface area contributed by atoms with E-state index < -0.39 is 0 Å². The number of hydrogen-bond donors (Lipinski definition) is 1. The van der Waals surface area contributed by atoms with Crippen LogP contribution in [0.5, 0.6) is 5.75 Å². The van der Waals surface area contributed by atoms with Crippen molar-refractivity contribution >= 4 is 5.69 Å². The van der Waals surface area contributed by atoms with Crippen LogP contribution in [0.1, 0.15) is 25.7 Å². The molecule has 0 spiro atoms. The summed E-state index contributed by atoms with van der Waals surface area (Å²) in [6.07, 6.45) is 5.56. The Morgan fingerprint density at radius 1 is 1.11 bits per heavy atom. The van der Waals surface area contributed by atoms with Crippen LogP contribution in [0.15, 0.2) is 24.3 Å². The van der Waals surface area contributed by atoms with Gasteiger partial charge in [-0.1, -0.05) is 12.8 Å². The van der Waals surface area contributed by atoms with Crippen molar-refractivity contribution in [2.75, 3.05) is 32.2 Å². The van der Waals surface area contributed by atoms with E-state index in [-0.39, 0.29) is 0 Å². The Hall–Kier alpha value is -1.22. The zero-order valence-electron chi connectivity index (χ0n) is 11.2. The lowest BCUT2D eigenvalue weighted by molar-refractivity contribution is 0.146. The molecule has 0 saturated heterocycles. The van der Waals surface area contributed by atoms with Gasteiger partial charge in [-0.15, -0.1) is 0 Å². The molecule has 0 aliphatic heterocycles. The number of benzene rings is 1. The van der Waals surface area contributed by atoms with Gasteiger partial charge < -0.3 is 14.8 Å². The van der Waals surface area contributed by atoms with Crippen molar-refractivity contribution in [3.8, 4) is 5.75 Å². The standard InChI is InChI=1S/C15H23NO2/c1-17-10-11-18-15-8-6-14(7-9-15)16-12-13-4-2-3-5-13/h6-9,13,16H,2-5,10-12H2,1H3. The summed E-state index contributed by atoms with van der Waals surface area (Å²) in [5.41, 5.74) is 1.18. The van der Waals surface area contributed by atoms with E-state index in [2.05, 4.69) is 17.4 Å². The zero-order chi connectivity index (χ0) is 12.6. The third-order valence-electron chi connectivity index (χ3n) is 3.48. The molecule has 1 N–H and O–H groups in total. The summed E-state index contributed by atoms with van der Waals surface area (Å²) in [6, 6.07) is 8.17. The quantitative estimate of drug-likeness (QED) is 0.752. The average Bonchev–Trinajstić information content (AvgIpc) is 2.91. The summed E-state index contributed by atoms with van der Waals surface area (Å²) in [4.78, 5) is 0. The molecule has 1 aromatic carbocycles. The van der Waals surface area contributed by atoms with Gasteiger partial charge in [-0.25, -0.2) is 0 Å². The summed E-state index contributed by atoms with van der Waals surface area (Å²) in [5.74, 6) is 1.76. The highest BCUT2D eigenvalue weighted by Crippen LogP contribution is 2.25. The van der Waals surface area contributed by atoms with E-state index in [0.717, 1.165) is 18.2 Å². The van der Waals surface area contributed by atoms with Gasteiger partial charge in [-0.3, -0.25) is 0 Å². The third-order valence-corrected chi connectivity index (χ3v) is 3.48. The smallest absolute Gasteiger partial charge is 0.119 e. The van der Waals surface area contributed by atoms with E-state index in [0.29, 0.717) is 13.2 Å². The Labute approximate surface area is 109 Å². The Morgan fingerprint density at radius 3 is 2.50 bits per heavy atom. The lowest BCUT2D eigenvalue weighted by atomic mass is 10.1. The lowest BCUT2D eigenvalue weighted by Gasteiger charge is -2.12. The number of nitrogens with one attached hydrogen (secondary N) is 1. The SMILES string of the molecule is COCCOc1ccc(NCC2CCCC2)cc1. The van der Waals surface area contributed by atoms with Crippen LogP contribution < -0.4 is 10.1 Å². The van der Waals surface area contributed by atoms with Gasteiger partial charge in [0, 0.05) is 19.3 Å². The summed E-state index contributed by atoms with van der Waals surface area (Å²) < 4.78 is 10.5. The molecule has 0 bridgehead atoms. The fourth-order valence-corrected chi connectivity index (χ4v) is 2.39. The number of hydrogen-bond acceptors (Lipinski definition) is 3. The number of rotatable bonds is 7. The molecule has 1 aliphatic carbocycles. The fraction of sp³-hybridized carbons (Fsp3) is 0.600. The van der Waals surface area contributed by atoms with Crippen LogP contribution in [0.2, 0.25) is 0 Å². The molecule has 18 heavy (non-hydrogen) atoms. The minimum atomic E-state index is 0.603. The maximum absolute atomic E-state index is 5.53. The fourth-order valence-electron chi connectivity index (χ4n) is 2.39. The van der Waals surface area contributed by atoms with E-state index in [1.807, 2.05) is 12.1 Å². The molecule has 0 atom stereocenters. The van der Waals surface area contributed by atoms with Crippen LogP contribution in [-0.2, 0) is 4.74 Å². The highest BCUT2D eigenvalue weighted by molar-refractivity contribution is 5.46. The Kier molecular flexibility index (Phi) is 5.34. The minimum Gasteiger partial charge on any atom is -0.491 e. The van der Waals surface area contributed by atoms with Crippen molar-refractivity contribution < 1.29 is 9.47 Å². The van der Waals surface area contributed by atoms with E-state index >= 15 is 0 Å². The molecule has 3 heteroatoms. The molecule has 100 valence electrons. The first kappa shape index (κ1) is 13.2. The van der Waals surface area contributed by atoms with Gasteiger partial charge in [0.1, 0.15) is 12.4 Å². The van der Waals surface area contributed by atoms with E-state index in [9.17, 15) is 0 Å². The molecule has 3 nitrogen and oxygen atoms in total. The second-order valence-corrected chi connectivity index (χ2v) is 4.90. The summed E-state index contributed by atoms with van der Waals surface area (Å²) >= 11 is 0. The average molecular weight is 249 g/mol. The van der Waals surface area contributed by atoms with Gasteiger partial charge in [-0.2, -0.15) is 0 Å². The summed E-state index contributed by atoms with van der Waals surface area (Å²) in [5, 5.41) is 3.50. The molecule has 1 saturated carbocycles. The molecule has 1 fully saturated rings. The van der Waals surface area contributed by atoms with Crippen molar-refractivity contribution in [2.45, 2.75) is 25.7 Å². The van der Waals surface area contributed by atoms with Crippen molar-refractivity contribution in [2.24, 2.45) is 5.92 Å². The molecule has 0 unspecified atom stereocenters. The molecule has 1 aromatic rings. The normalized spacial score (nSPS) is 15.8. The number of ether oxygens (including phenoxy) is 2. The first-order valence-corrected chi connectivity index (χ1v) is 6.84. The predicted molar refractivity (Wildman–Crippen MR) is 74.3 cm³/mol. The Balaban J connectivity index is 1.72. The number of methoxy groups -OCH3 is 1. The monoisotopic (exact) mass is 249 g/mol. The summed E-state index contributed by atoms with van der Waals surface area (Å²) in [6.45, 7) is 2.33. The first-order valence-electron chi connectivity index (χ1n) is 6.84. The predicted octanol–water partition coefficient (Wildman–Crippen LogP) is 3.31. The second-order valence-electron chi connectivity index (χ2n) is 4.90. The van der Waals surface area contributed by atoms with Crippen molar-refractivity contribution in [1.29, 1.82) is 0 Å². The van der Waals surface area contributed by atoms with E-state index in [1.165, 1.54) is 31.4 Å². The number of anilines is 1. The zero-order valence-corrected chi connectivity index (χ0v) is 11.2. The molecular formula is C15H23NO2. The highest BCUT2D eigenvalue weighted by atomic mass is 16.5. The third kappa shape index (κ3) is 4.22. The van der Waals surface area contributed by atoms with Gasteiger partial charge in [0.15, 0.2) is 0 Å². The van der Waals surface area contributed by atoms with Gasteiger partial charge >= 0.3 is 0 Å². The van der Waals surface area contributed by atoms with Crippen molar-refractivity contribution in [3.05, 3.63) is 24.3 Å². The molecule has 0 radical (unpaired) electrons. The minimum absolute atomic E-state index is 0.603. The highest BCUT2D eigenvalue weighted by Gasteiger charge is 2.14. The van der Waals surface area contributed by atoms with Crippen molar-refractivity contribution in [1.82, 2.24) is 0 Å². The van der Waals surface area contributed by atoms with Crippen LogP contribution in [0.25, 0.3) is 0 Å². The van der Waals surface area contributed by atoms with Gasteiger partial charge in [0.25, 0.3) is 0 Å². The van der Waals surface area contributed by atoms with Gasteiger partial charge in [0.2, 0.25) is 0 Å².